The van der Waals surface area contributed by atoms with Gasteiger partial charge in [0, 0.05) is 56.0 Å². The molecule has 4 aromatic rings. The zero-order valence-electron chi connectivity index (χ0n) is 20.9. The number of nitrogens with one attached hydrogen (secondary N) is 2. The van der Waals surface area contributed by atoms with E-state index in [9.17, 15) is 9.18 Å². The van der Waals surface area contributed by atoms with Crippen LogP contribution in [0.5, 0.6) is 5.75 Å². The first-order valence-corrected chi connectivity index (χ1v) is 11.8. The third-order valence-corrected chi connectivity index (χ3v) is 5.97. The Morgan fingerprint density at radius 1 is 1.13 bits per heavy atom. The Morgan fingerprint density at radius 3 is 2.82 bits per heavy atom. The van der Waals surface area contributed by atoms with Gasteiger partial charge >= 0.3 is 0 Å². The molecule has 0 aliphatic carbocycles. The number of hydrogen-bond acceptors (Lipinski definition) is 7. The van der Waals surface area contributed by atoms with Gasteiger partial charge in [0.05, 0.1) is 29.7 Å². The van der Waals surface area contributed by atoms with Crippen molar-refractivity contribution in [1.29, 1.82) is 0 Å². The van der Waals surface area contributed by atoms with Gasteiger partial charge in [0.25, 0.3) is 0 Å². The van der Waals surface area contributed by atoms with E-state index < -0.39 is 0 Å². The van der Waals surface area contributed by atoms with E-state index in [1.54, 1.807) is 36.1 Å². The molecule has 0 spiro atoms. The number of ether oxygens (including phenoxy) is 1. The van der Waals surface area contributed by atoms with Crippen molar-refractivity contribution in [2.45, 2.75) is 0 Å². The smallest absolute Gasteiger partial charge is 0.247 e. The lowest BCUT2D eigenvalue weighted by atomic mass is 10.2. The molecule has 5 rings (SSSR count). The number of rotatable bonds is 7. The van der Waals surface area contributed by atoms with Crippen LogP contribution in [0.2, 0.25) is 0 Å². The summed E-state index contributed by atoms with van der Waals surface area (Å²) in [6.45, 7) is 4.31. The van der Waals surface area contributed by atoms with E-state index in [1.165, 1.54) is 18.2 Å². The molecule has 1 aliphatic rings. The SMILES string of the molecule is C=CC(=O)Nc1cc(Nc2nccc(-n3ccc4ccc(F)cc43)n2)c(OC)cc1N1C=CCN(C)C=C1. The lowest BCUT2D eigenvalue weighted by molar-refractivity contribution is -0.111. The van der Waals surface area contributed by atoms with Crippen LogP contribution in [0.3, 0.4) is 0 Å². The number of methoxy groups -OCH3 is 1. The number of nitrogens with zero attached hydrogens (tertiary/aromatic N) is 5. The Labute approximate surface area is 219 Å². The Bertz CT molecular complexity index is 1580. The third kappa shape index (κ3) is 5.05. The predicted molar refractivity (Wildman–Crippen MR) is 147 cm³/mol. The van der Waals surface area contributed by atoms with Crippen molar-refractivity contribution >= 4 is 39.8 Å². The largest absolute Gasteiger partial charge is 0.494 e. The molecule has 0 radical (unpaired) electrons. The van der Waals surface area contributed by atoms with Crippen LogP contribution in [0, 0.1) is 5.82 Å². The van der Waals surface area contributed by atoms with Crippen LogP contribution in [0.15, 0.2) is 92.2 Å². The first kappa shape index (κ1) is 24.6. The molecule has 0 atom stereocenters. The van der Waals surface area contributed by atoms with Crippen molar-refractivity contribution in [3.8, 4) is 11.6 Å². The number of halogens is 1. The number of likely N-dealkylation sites (N-methyl/N-ethyl adjacent to an activating group) is 1. The molecule has 0 fully saturated rings. The molecule has 0 saturated heterocycles. The molecule has 192 valence electrons. The van der Waals surface area contributed by atoms with Crippen molar-refractivity contribution in [2.75, 3.05) is 36.2 Å². The Kier molecular flexibility index (Phi) is 6.77. The lowest BCUT2D eigenvalue weighted by Crippen LogP contribution is -2.15. The second-order valence-corrected chi connectivity index (χ2v) is 8.55. The van der Waals surface area contributed by atoms with E-state index in [0.29, 0.717) is 40.1 Å². The predicted octanol–water partition coefficient (Wildman–Crippen LogP) is 5.17. The fourth-order valence-electron chi connectivity index (χ4n) is 4.08. The van der Waals surface area contributed by atoms with Crippen LogP contribution in [0.25, 0.3) is 16.7 Å². The van der Waals surface area contributed by atoms with Gasteiger partial charge in [-0.2, -0.15) is 4.98 Å². The minimum absolute atomic E-state index is 0.295. The lowest BCUT2D eigenvalue weighted by Gasteiger charge is -2.22. The van der Waals surface area contributed by atoms with E-state index in [4.69, 9.17) is 4.74 Å². The van der Waals surface area contributed by atoms with Gasteiger partial charge in [-0.1, -0.05) is 6.58 Å². The van der Waals surface area contributed by atoms with Crippen LogP contribution in [-0.2, 0) is 4.79 Å². The van der Waals surface area contributed by atoms with E-state index >= 15 is 0 Å². The highest BCUT2D eigenvalue weighted by Crippen LogP contribution is 2.39. The highest BCUT2D eigenvalue weighted by molar-refractivity contribution is 6.02. The maximum absolute atomic E-state index is 13.9. The van der Waals surface area contributed by atoms with E-state index in [1.807, 2.05) is 59.9 Å². The summed E-state index contributed by atoms with van der Waals surface area (Å²) in [5, 5.41) is 6.95. The topological polar surface area (TPSA) is 87.5 Å². The second kappa shape index (κ2) is 10.5. The molecule has 2 N–H and O–H groups in total. The molecule has 1 amide bonds. The Balaban J connectivity index is 1.53. The zero-order chi connectivity index (χ0) is 26.6. The third-order valence-electron chi connectivity index (χ3n) is 5.97. The molecule has 10 heteroatoms. The number of carbonyl (C=O) groups is 1. The monoisotopic (exact) mass is 511 g/mol. The van der Waals surface area contributed by atoms with Gasteiger partial charge in [-0.05, 0) is 48.6 Å². The zero-order valence-corrected chi connectivity index (χ0v) is 20.9. The molecule has 2 aromatic carbocycles. The number of hydrogen-bond donors (Lipinski definition) is 2. The van der Waals surface area contributed by atoms with Gasteiger partial charge in [-0.15, -0.1) is 0 Å². The Morgan fingerprint density at radius 2 is 2.00 bits per heavy atom. The van der Waals surface area contributed by atoms with Gasteiger partial charge in [0.15, 0.2) is 0 Å². The van der Waals surface area contributed by atoms with Crippen LogP contribution in [0.4, 0.5) is 27.4 Å². The van der Waals surface area contributed by atoms with Gasteiger partial charge in [-0.25, -0.2) is 9.37 Å². The van der Waals surface area contributed by atoms with Crippen molar-refractivity contribution < 1.29 is 13.9 Å². The molecular weight excluding hydrogens is 485 g/mol. The molecule has 38 heavy (non-hydrogen) atoms. The van der Waals surface area contributed by atoms with Gasteiger partial charge in [0.2, 0.25) is 11.9 Å². The molecule has 9 nitrogen and oxygen atoms in total. The van der Waals surface area contributed by atoms with Crippen molar-refractivity contribution in [3.05, 3.63) is 98.0 Å². The molecule has 1 aliphatic heterocycles. The summed E-state index contributed by atoms with van der Waals surface area (Å²) in [5.41, 5.74) is 2.45. The normalized spacial score (nSPS) is 12.9. The molecule has 0 bridgehead atoms. The molecule has 0 unspecified atom stereocenters. The number of anilines is 4. The molecular formula is C28H26FN7O2. The summed E-state index contributed by atoms with van der Waals surface area (Å²) >= 11 is 0. The minimum Gasteiger partial charge on any atom is -0.494 e. The van der Waals surface area contributed by atoms with Gasteiger partial charge < -0.3 is 29.7 Å². The first-order valence-electron chi connectivity index (χ1n) is 11.8. The fourth-order valence-corrected chi connectivity index (χ4v) is 4.08. The quantitative estimate of drug-likeness (QED) is 0.331. The number of amides is 1. The molecule has 2 aromatic heterocycles. The van der Waals surface area contributed by atoms with Gasteiger partial charge in [0.1, 0.15) is 17.4 Å². The summed E-state index contributed by atoms with van der Waals surface area (Å²) in [5.74, 6) is 0.682. The maximum Gasteiger partial charge on any atom is 0.247 e. The number of fused-ring (bicyclic) bond motifs is 1. The summed E-state index contributed by atoms with van der Waals surface area (Å²) in [7, 11) is 3.53. The fraction of sp³-hybridized carbons (Fsp3) is 0.107. The van der Waals surface area contributed by atoms with Gasteiger partial charge in [-0.3, -0.25) is 4.79 Å². The van der Waals surface area contributed by atoms with E-state index in [0.717, 1.165) is 11.9 Å². The highest BCUT2D eigenvalue weighted by atomic mass is 19.1. The molecule has 3 heterocycles. The number of benzene rings is 2. The number of aromatic nitrogens is 3. The van der Waals surface area contributed by atoms with Crippen molar-refractivity contribution in [3.63, 3.8) is 0 Å². The van der Waals surface area contributed by atoms with Crippen molar-refractivity contribution in [1.82, 2.24) is 19.4 Å². The average molecular weight is 512 g/mol. The van der Waals surface area contributed by atoms with Crippen LogP contribution < -0.4 is 20.3 Å². The summed E-state index contributed by atoms with van der Waals surface area (Å²) in [6, 6.07) is 11.8. The number of carbonyl (C=O) groups excluding carboxylic acids is 1. The minimum atomic E-state index is -0.354. The van der Waals surface area contributed by atoms with Crippen LogP contribution >= 0.6 is 0 Å². The first-order chi connectivity index (χ1) is 18.4. The standard InChI is InChI=1S/C28H26FN7O2/c1-4-27(37)31-21-17-22(25(38-3)18-24(21)35-12-5-11-34(2)14-15-35)32-28-30-10-8-26(33-28)36-13-9-19-6-7-20(29)16-23(19)36/h4-10,12-18H,1,11H2,2-3H3,(H,31,37)(H,30,32,33). The summed E-state index contributed by atoms with van der Waals surface area (Å²) in [6.07, 6.45) is 12.4. The maximum atomic E-state index is 13.9. The Hall–Kier alpha value is -5.12. The van der Waals surface area contributed by atoms with E-state index in [-0.39, 0.29) is 11.7 Å². The summed E-state index contributed by atoms with van der Waals surface area (Å²) in [4.78, 5) is 25.2. The van der Waals surface area contributed by atoms with Crippen LogP contribution in [0.1, 0.15) is 0 Å². The molecule has 0 saturated carbocycles. The van der Waals surface area contributed by atoms with E-state index in [2.05, 4.69) is 27.2 Å². The highest BCUT2D eigenvalue weighted by Gasteiger charge is 2.17. The van der Waals surface area contributed by atoms with Crippen LogP contribution in [-0.4, -0.2) is 46.0 Å². The summed E-state index contributed by atoms with van der Waals surface area (Å²) < 4.78 is 21.4. The van der Waals surface area contributed by atoms with Crippen molar-refractivity contribution in [2.24, 2.45) is 0 Å². The average Bonchev–Trinajstić information content (AvgIpc) is 3.21. The second-order valence-electron chi connectivity index (χ2n) is 8.55.